The summed E-state index contributed by atoms with van der Waals surface area (Å²) in [4.78, 5) is 18.4. The van der Waals surface area contributed by atoms with Crippen molar-refractivity contribution in [2.75, 3.05) is 25.2 Å². The second-order valence-electron chi connectivity index (χ2n) is 5.85. The number of hydrogen-bond acceptors (Lipinski definition) is 6. The summed E-state index contributed by atoms with van der Waals surface area (Å²) in [5.74, 6) is 3.26. The Balaban J connectivity index is 1.76. The van der Waals surface area contributed by atoms with E-state index >= 15 is 0 Å². The molecule has 0 N–H and O–H groups in total. The first-order chi connectivity index (χ1) is 11.7. The predicted molar refractivity (Wildman–Crippen MR) is 94.8 cm³/mol. The first-order valence-electron chi connectivity index (χ1n) is 8.10. The van der Waals surface area contributed by atoms with Crippen molar-refractivity contribution in [2.24, 2.45) is 0 Å². The van der Waals surface area contributed by atoms with Crippen molar-refractivity contribution in [1.82, 2.24) is 9.88 Å². The topological polar surface area (TPSA) is 55.6 Å². The molecule has 1 aromatic heterocycles. The molecule has 2 aromatic rings. The van der Waals surface area contributed by atoms with Crippen LogP contribution in [0.1, 0.15) is 25.3 Å². The van der Waals surface area contributed by atoms with Crippen LogP contribution in [0.15, 0.2) is 40.9 Å². The van der Waals surface area contributed by atoms with Crippen LogP contribution in [0.4, 0.5) is 0 Å². The Morgan fingerprint density at radius 3 is 3.00 bits per heavy atom. The van der Waals surface area contributed by atoms with Crippen LogP contribution in [0.2, 0.25) is 0 Å². The number of hydrogen-bond donors (Lipinski definition) is 0. The highest BCUT2D eigenvalue weighted by Crippen LogP contribution is 2.31. The lowest BCUT2D eigenvalue weighted by atomic mass is 10.1. The van der Waals surface area contributed by atoms with Gasteiger partial charge < -0.3 is 9.15 Å². The molecule has 0 amide bonds. The van der Waals surface area contributed by atoms with Crippen LogP contribution >= 0.6 is 11.8 Å². The molecule has 6 heteroatoms. The molecule has 0 aliphatic carbocycles. The van der Waals surface area contributed by atoms with Gasteiger partial charge in [0, 0.05) is 29.7 Å². The van der Waals surface area contributed by atoms with E-state index in [4.69, 9.17) is 9.15 Å². The third-order valence-corrected chi connectivity index (χ3v) is 5.43. The fraction of sp³-hybridized carbons (Fsp3) is 0.444. The summed E-state index contributed by atoms with van der Waals surface area (Å²) < 4.78 is 10.8. The Morgan fingerprint density at radius 2 is 2.25 bits per heavy atom. The summed E-state index contributed by atoms with van der Waals surface area (Å²) in [5.41, 5.74) is 1.02. The summed E-state index contributed by atoms with van der Waals surface area (Å²) in [6.07, 6.45) is 2.18. The number of nitrogens with zero attached hydrogens (tertiary/aromatic N) is 2. The highest BCUT2D eigenvalue weighted by atomic mass is 32.2. The highest BCUT2D eigenvalue weighted by Gasteiger charge is 2.31. The average Bonchev–Trinajstić information content (AvgIpc) is 3.12. The van der Waals surface area contributed by atoms with Crippen molar-refractivity contribution in [1.29, 1.82) is 0 Å². The first kappa shape index (κ1) is 17.0. The van der Waals surface area contributed by atoms with Crippen LogP contribution in [0.5, 0.6) is 0 Å². The van der Waals surface area contributed by atoms with Gasteiger partial charge in [0.05, 0.1) is 25.8 Å². The zero-order chi connectivity index (χ0) is 16.9. The number of ether oxygens (including phenoxy) is 1. The van der Waals surface area contributed by atoms with Crippen LogP contribution in [-0.4, -0.2) is 47.1 Å². The number of esters is 1. The predicted octanol–water partition coefficient (Wildman–Crippen LogP) is 3.38. The fourth-order valence-electron chi connectivity index (χ4n) is 2.99. The number of benzene rings is 1. The Morgan fingerprint density at radius 1 is 1.46 bits per heavy atom. The minimum atomic E-state index is -0.169. The molecule has 24 heavy (non-hydrogen) atoms. The van der Waals surface area contributed by atoms with Gasteiger partial charge in [0.15, 0.2) is 5.76 Å². The van der Waals surface area contributed by atoms with E-state index in [1.54, 1.807) is 6.20 Å². The summed E-state index contributed by atoms with van der Waals surface area (Å²) >= 11 is 1.87. The lowest BCUT2D eigenvalue weighted by molar-refractivity contribution is -0.142. The maximum absolute atomic E-state index is 11.7. The average molecular weight is 346 g/mol. The van der Waals surface area contributed by atoms with Crippen LogP contribution < -0.4 is 0 Å². The second kappa shape index (κ2) is 7.85. The van der Waals surface area contributed by atoms with Crippen molar-refractivity contribution in [3.05, 3.63) is 42.4 Å². The molecule has 0 spiro atoms. The molecule has 5 nitrogen and oxygen atoms in total. The standard InChI is InChI=1S/C18H22N2O3S/c1-13(20-8-9-24-12-15(20)10-17(21)22-2)18-19-11-16(23-18)14-6-4-3-5-7-14/h3-7,11,13,15H,8-10,12H2,1-2H3/t13-,15+/m1/s1. The minimum absolute atomic E-state index is 0.0259. The van der Waals surface area contributed by atoms with Crippen molar-refractivity contribution in [3.63, 3.8) is 0 Å². The second-order valence-corrected chi connectivity index (χ2v) is 7.00. The van der Waals surface area contributed by atoms with Crippen LogP contribution in [-0.2, 0) is 9.53 Å². The molecule has 2 atom stereocenters. The number of methoxy groups -OCH3 is 1. The molecular weight excluding hydrogens is 324 g/mol. The lowest BCUT2D eigenvalue weighted by Crippen LogP contribution is -2.45. The third kappa shape index (κ3) is 3.82. The molecule has 0 bridgehead atoms. The summed E-state index contributed by atoms with van der Waals surface area (Å²) in [5, 5.41) is 0. The zero-order valence-electron chi connectivity index (χ0n) is 14.0. The molecular formula is C18H22N2O3S. The molecule has 1 fully saturated rings. The van der Waals surface area contributed by atoms with Gasteiger partial charge in [-0.1, -0.05) is 30.3 Å². The van der Waals surface area contributed by atoms with Gasteiger partial charge >= 0.3 is 5.97 Å². The molecule has 1 aromatic carbocycles. The summed E-state index contributed by atoms with van der Waals surface area (Å²) in [7, 11) is 1.44. The smallest absolute Gasteiger partial charge is 0.307 e. The van der Waals surface area contributed by atoms with Crippen molar-refractivity contribution >= 4 is 17.7 Å². The van der Waals surface area contributed by atoms with Gasteiger partial charge in [0.25, 0.3) is 0 Å². The van der Waals surface area contributed by atoms with Crippen LogP contribution in [0, 0.1) is 0 Å². The van der Waals surface area contributed by atoms with E-state index < -0.39 is 0 Å². The quantitative estimate of drug-likeness (QED) is 0.774. The molecule has 0 radical (unpaired) electrons. The van der Waals surface area contributed by atoms with E-state index in [1.807, 2.05) is 42.1 Å². The molecule has 1 saturated heterocycles. The largest absolute Gasteiger partial charge is 0.469 e. The zero-order valence-corrected chi connectivity index (χ0v) is 14.8. The first-order valence-corrected chi connectivity index (χ1v) is 9.26. The van der Waals surface area contributed by atoms with Gasteiger partial charge in [0.2, 0.25) is 5.89 Å². The Hall–Kier alpha value is -1.79. The molecule has 3 rings (SSSR count). The fourth-order valence-corrected chi connectivity index (χ4v) is 4.08. The van der Waals surface area contributed by atoms with Gasteiger partial charge in [0.1, 0.15) is 0 Å². The molecule has 0 unspecified atom stereocenters. The monoisotopic (exact) mass is 346 g/mol. The number of oxazole rings is 1. The van der Waals surface area contributed by atoms with E-state index in [2.05, 4.69) is 16.8 Å². The van der Waals surface area contributed by atoms with E-state index in [9.17, 15) is 4.79 Å². The van der Waals surface area contributed by atoms with E-state index in [1.165, 1.54) is 7.11 Å². The van der Waals surface area contributed by atoms with E-state index in [-0.39, 0.29) is 18.1 Å². The summed E-state index contributed by atoms with van der Waals surface area (Å²) in [6, 6.07) is 10.1. The van der Waals surface area contributed by atoms with Crippen molar-refractivity contribution in [2.45, 2.75) is 25.4 Å². The summed E-state index contributed by atoms with van der Waals surface area (Å²) in [6.45, 7) is 3.00. The number of carbonyl (C=O) groups is 1. The number of carbonyl (C=O) groups excluding carboxylic acids is 1. The van der Waals surface area contributed by atoms with Gasteiger partial charge in [-0.15, -0.1) is 0 Å². The Bertz CT molecular complexity index is 674. The number of aromatic nitrogens is 1. The molecule has 1 aliphatic heterocycles. The molecule has 0 saturated carbocycles. The lowest BCUT2D eigenvalue weighted by Gasteiger charge is -2.37. The number of thioether (sulfide) groups is 1. The molecule has 128 valence electrons. The van der Waals surface area contributed by atoms with Gasteiger partial charge in [-0.25, -0.2) is 4.98 Å². The maximum atomic E-state index is 11.7. The number of rotatable bonds is 5. The van der Waals surface area contributed by atoms with Gasteiger partial charge in [-0.05, 0) is 6.92 Å². The van der Waals surface area contributed by atoms with Gasteiger partial charge in [-0.3, -0.25) is 9.69 Å². The van der Waals surface area contributed by atoms with Crippen molar-refractivity contribution < 1.29 is 13.9 Å². The van der Waals surface area contributed by atoms with Gasteiger partial charge in [-0.2, -0.15) is 11.8 Å². The SMILES string of the molecule is COC(=O)C[C@H]1CSCCN1[C@H](C)c1ncc(-c2ccccc2)o1. The van der Waals surface area contributed by atoms with Crippen molar-refractivity contribution in [3.8, 4) is 11.3 Å². The van der Waals surface area contributed by atoms with Crippen LogP contribution in [0.3, 0.4) is 0 Å². The normalized spacial score (nSPS) is 19.8. The van der Waals surface area contributed by atoms with E-state index in [0.717, 1.165) is 29.4 Å². The van der Waals surface area contributed by atoms with Crippen LogP contribution in [0.25, 0.3) is 11.3 Å². The highest BCUT2D eigenvalue weighted by molar-refractivity contribution is 7.99. The Kier molecular flexibility index (Phi) is 5.58. The van der Waals surface area contributed by atoms with E-state index in [0.29, 0.717) is 12.3 Å². The molecule has 2 heterocycles. The Labute approximate surface area is 146 Å². The third-order valence-electron chi connectivity index (χ3n) is 4.34. The maximum Gasteiger partial charge on any atom is 0.307 e. The molecule has 1 aliphatic rings. The minimum Gasteiger partial charge on any atom is -0.469 e.